The SMILES string of the molecule is Cc1cc(N2CCN(c3ccc(-n4nc(C)cc4C)nn3)CC2)ncn1. The third-order valence-electron chi connectivity index (χ3n) is 4.58. The number of nitrogens with zero attached hydrogens (tertiary/aromatic N) is 8. The number of hydrogen-bond acceptors (Lipinski definition) is 7. The summed E-state index contributed by atoms with van der Waals surface area (Å²) < 4.78 is 1.82. The number of anilines is 2. The summed E-state index contributed by atoms with van der Waals surface area (Å²) in [6.07, 6.45) is 1.63. The summed E-state index contributed by atoms with van der Waals surface area (Å²) in [5.41, 5.74) is 3.02. The zero-order valence-corrected chi connectivity index (χ0v) is 15.3. The molecule has 0 atom stereocenters. The fraction of sp³-hybridized carbons (Fsp3) is 0.389. The summed E-state index contributed by atoms with van der Waals surface area (Å²) in [4.78, 5) is 13.1. The minimum atomic E-state index is 0.745. The summed E-state index contributed by atoms with van der Waals surface area (Å²) >= 11 is 0. The first-order valence-corrected chi connectivity index (χ1v) is 8.76. The molecule has 0 aromatic carbocycles. The molecule has 0 amide bonds. The molecule has 1 aliphatic heterocycles. The quantitative estimate of drug-likeness (QED) is 0.711. The van der Waals surface area contributed by atoms with Gasteiger partial charge in [0.2, 0.25) is 0 Å². The third kappa shape index (κ3) is 3.22. The predicted octanol–water partition coefficient (Wildman–Crippen LogP) is 1.70. The van der Waals surface area contributed by atoms with Crippen molar-refractivity contribution < 1.29 is 0 Å². The van der Waals surface area contributed by atoms with Gasteiger partial charge in [-0.1, -0.05) is 0 Å². The van der Waals surface area contributed by atoms with Gasteiger partial charge in [-0.25, -0.2) is 14.6 Å². The van der Waals surface area contributed by atoms with Crippen molar-refractivity contribution in [3.63, 3.8) is 0 Å². The van der Waals surface area contributed by atoms with E-state index in [4.69, 9.17) is 0 Å². The van der Waals surface area contributed by atoms with Gasteiger partial charge in [0, 0.05) is 43.6 Å². The van der Waals surface area contributed by atoms with Crippen LogP contribution in [0, 0.1) is 20.8 Å². The summed E-state index contributed by atoms with van der Waals surface area (Å²) in [5, 5.41) is 13.2. The van der Waals surface area contributed by atoms with Gasteiger partial charge in [0.25, 0.3) is 0 Å². The Morgan fingerprint density at radius 2 is 1.38 bits per heavy atom. The second-order valence-electron chi connectivity index (χ2n) is 6.58. The van der Waals surface area contributed by atoms with Gasteiger partial charge >= 0.3 is 0 Å². The zero-order valence-electron chi connectivity index (χ0n) is 15.3. The number of aromatic nitrogens is 6. The minimum absolute atomic E-state index is 0.745. The standard InChI is InChI=1S/C18H22N8/c1-13-11-18(20-12-19-13)25-8-6-24(7-9-25)16-4-5-17(22-21-16)26-15(3)10-14(2)23-26/h4-5,10-12H,6-9H2,1-3H3. The van der Waals surface area contributed by atoms with E-state index in [-0.39, 0.29) is 0 Å². The minimum Gasteiger partial charge on any atom is -0.353 e. The highest BCUT2D eigenvalue weighted by Crippen LogP contribution is 2.18. The maximum atomic E-state index is 4.46. The molecule has 0 saturated carbocycles. The van der Waals surface area contributed by atoms with E-state index in [2.05, 4.69) is 35.1 Å². The van der Waals surface area contributed by atoms with Crippen molar-refractivity contribution in [2.45, 2.75) is 20.8 Å². The smallest absolute Gasteiger partial charge is 0.176 e. The van der Waals surface area contributed by atoms with E-state index in [1.807, 2.05) is 49.7 Å². The van der Waals surface area contributed by atoms with Crippen molar-refractivity contribution in [1.82, 2.24) is 29.9 Å². The zero-order chi connectivity index (χ0) is 18.1. The van der Waals surface area contributed by atoms with E-state index >= 15 is 0 Å². The van der Waals surface area contributed by atoms with Gasteiger partial charge in [0.15, 0.2) is 11.6 Å². The molecule has 3 aromatic heterocycles. The van der Waals surface area contributed by atoms with Crippen molar-refractivity contribution in [2.24, 2.45) is 0 Å². The lowest BCUT2D eigenvalue weighted by Crippen LogP contribution is -2.47. The second-order valence-corrected chi connectivity index (χ2v) is 6.58. The summed E-state index contributed by atoms with van der Waals surface area (Å²) in [6, 6.07) is 8.05. The van der Waals surface area contributed by atoms with Gasteiger partial charge in [0.1, 0.15) is 12.1 Å². The van der Waals surface area contributed by atoms with Crippen LogP contribution in [0.5, 0.6) is 0 Å². The van der Waals surface area contributed by atoms with Crippen molar-refractivity contribution in [2.75, 3.05) is 36.0 Å². The lowest BCUT2D eigenvalue weighted by Gasteiger charge is -2.35. The van der Waals surface area contributed by atoms with Gasteiger partial charge in [-0.2, -0.15) is 5.10 Å². The highest BCUT2D eigenvalue weighted by molar-refractivity contribution is 5.45. The van der Waals surface area contributed by atoms with Crippen LogP contribution in [0.25, 0.3) is 5.82 Å². The van der Waals surface area contributed by atoms with E-state index in [0.717, 1.165) is 60.7 Å². The van der Waals surface area contributed by atoms with Gasteiger partial charge in [-0.15, -0.1) is 10.2 Å². The maximum absolute atomic E-state index is 4.46. The van der Waals surface area contributed by atoms with E-state index in [1.54, 1.807) is 6.33 Å². The molecule has 134 valence electrons. The predicted molar refractivity (Wildman–Crippen MR) is 99.8 cm³/mol. The lowest BCUT2D eigenvalue weighted by atomic mass is 10.3. The first-order valence-electron chi connectivity index (χ1n) is 8.76. The molecular formula is C18H22N8. The molecular weight excluding hydrogens is 328 g/mol. The Morgan fingerprint density at radius 1 is 0.731 bits per heavy atom. The molecule has 1 aliphatic rings. The van der Waals surface area contributed by atoms with Crippen LogP contribution in [-0.4, -0.2) is 56.1 Å². The van der Waals surface area contributed by atoms with Crippen LogP contribution in [-0.2, 0) is 0 Å². The molecule has 8 nitrogen and oxygen atoms in total. The first-order chi connectivity index (χ1) is 12.6. The van der Waals surface area contributed by atoms with Gasteiger partial charge in [0.05, 0.1) is 5.69 Å². The average Bonchev–Trinajstić information content (AvgIpc) is 3.00. The fourth-order valence-electron chi connectivity index (χ4n) is 3.24. The molecule has 4 heterocycles. The van der Waals surface area contributed by atoms with Crippen LogP contribution in [0.2, 0.25) is 0 Å². The third-order valence-corrected chi connectivity index (χ3v) is 4.58. The van der Waals surface area contributed by atoms with E-state index < -0.39 is 0 Å². The number of rotatable bonds is 3. The largest absolute Gasteiger partial charge is 0.353 e. The monoisotopic (exact) mass is 350 g/mol. The fourth-order valence-corrected chi connectivity index (χ4v) is 3.24. The summed E-state index contributed by atoms with van der Waals surface area (Å²) in [5.74, 6) is 2.63. The maximum Gasteiger partial charge on any atom is 0.176 e. The molecule has 0 radical (unpaired) electrons. The Labute approximate surface area is 152 Å². The summed E-state index contributed by atoms with van der Waals surface area (Å²) in [6.45, 7) is 9.55. The lowest BCUT2D eigenvalue weighted by molar-refractivity contribution is 0.635. The number of piperazine rings is 1. The molecule has 1 saturated heterocycles. The molecule has 0 unspecified atom stereocenters. The number of hydrogen-bond donors (Lipinski definition) is 0. The molecule has 0 N–H and O–H groups in total. The first kappa shape index (κ1) is 16.4. The molecule has 4 rings (SSSR count). The second kappa shape index (κ2) is 6.70. The van der Waals surface area contributed by atoms with Gasteiger partial charge < -0.3 is 9.80 Å². The Morgan fingerprint density at radius 3 is 1.96 bits per heavy atom. The Balaban J connectivity index is 1.44. The van der Waals surface area contributed by atoms with E-state index in [9.17, 15) is 0 Å². The van der Waals surface area contributed by atoms with Crippen LogP contribution in [0.15, 0.2) is 30.6 Å². The van der Waals surface area contributed by atoms with Crippen LogP contribution in [0.4, 0.5) is 11.6 Å². The normalized spacial score (nSPS) is 14.7. The van der Waals surface area contributed by atoms with Crippen molar-refractivity contribution >= 4 is 11.6 Å². The molecule has 0 spiro atoms. The molecule has 8 heteroatoms. The van der Waals surface area contributed by atoms with E-state index in [1.165, 1.54) is 0 Å². The highest BCUT2D eigenvalue weighted by Gasteiger charge is 2.20. The van der Waals surface area contributed by atoms with Gasteiger partial charge in [-0.3, -0.25) is 0 Å². The highest BCUT2D eigenvalue weighted by atomic mass is 15.4. The molecule has 0 bridgehead atoms. The van der Waals surface area contributed by atoms with Crippen LogP contribution in [0.3, 0.4) is 0 Å². The van der Waals surface area contributed by atoms with Gasteiger partial charge in [-0.05, 0) is 39.0 Å². The topological polar surface area (TPSA) is 75.9 Å². The molecule has 26 heavy (non-hydrogen) atoms. The van der Waals surface area contributed by atoms with Crippen LogP contribution in [0.1, 0.15) is 17.1 Å². The Hall–Kier alpha value is -3.03. The van der Waals surface area contributed by atoms with Crippen molar-refractivity contribution in [3.8, 4) is 5.82 Å². The average molecular weight is 350 g/mol. The van der Waals surface area contributed by atoms with E-state index in [0.29, 0.717) is 0 Å². The molecule has 3 aromatic rings. The molecule has 1 fully saturated rings. The molecule has 0 aliphatic carbocycles. The Kier molecular flexibility index (Phi) is 4.24. The van der Waals surface area contributed by atoms with Crippen molar-refractivity contribution in [1.29, 1.82) is 0 Å². The van der Waals surface area contributed by atoms with Crippen LogP contribution < -0.4 is 9.80 Å². The van der Waals surface area contributed by atoms with Crippen LogP contribution >= 0.6 is 0 Å². The summed E-state index contributed by atoms with van der Waals surface area (Å²) in [7, 11) is 0. The Bertz CT molecular complexity index is 894. The number of aryl methyl sites for hydroxylation is 3. The van der Waals surface area contributed by atoms with Crippen molar-refractivity contribution in [3.05, 3.63) is 47.7 Å².